The van der Waals surface area contributed by atoms with E-state index in [-0.39, 0.29) is 23.1 Å². The SMILES string of the molecule is Cc1nn(C(=O)c2cccc([N+](=O)[O-])c2)c(C)c1C(C)C. The van der Waals surface area contributed by atoms with Gasteiger partial charge in [-0.05, 0) is 31.4 Å². The van der Waals surface area contributed by atoms with Gasteiger partial charge in [0.1, 0.15) is 0 Å². The summed E-state index contributed by atoms with van der Waals surface area (Å²) in [6, 6.07) is 5.69. The molecule has 2 aromatic rings. The van der Waals surface area contributed by atoms with Crippen LogP contribution in [0.4, 0.5) is 5.69 Å². The fourth-order valence-corrected chi connectivity index (χ4v) is 2.56. The number of aryl methyl sites for hydroxylation is 1. The van der Waals surface area contributed by atoms with E-state index in [2.05, 4.69) is 5.10 Å². The number of hydrogen-bond acceptors (Lipinski definition) is 4. The van der Waals surface area contributed by atoms with Crippen LogP contribution in [0.2, 0.25) is 0 Å². The predicted octanol–water partition coefficient (Wildman–Crippen LogP) is 3.22. The highest BCUT2D eigenvalue weighted by molar-refractivity contribution is 5.96. The first-order valence-electron chi connectivity index (χ1n) is 6.68. The van der Waals surface area contributed by atoms with Crippen LogP contribution in [-0.4, -0.2) is 20.6 Å². The van der Waals surface area contributed by atoms with E-state index in [0.717, 1.165) is 17.0 Å². The van der Waals surface area contributed by atoms with E-state index >= 15 is 0 Å². The minimum atomic E-state index is -0.516. The highest BCUT2D eigenvalue weighted by Crippen LogP contribution is 2.23. The lowest BCUT2D eigenvalue weighted by molar-refractivity contribution is -0.384. The maximum atomic E-state index is 12.5. The number of hydrogen-bond donors (Lipinski definition) is 0. The van der Waals surface area contributed by atoms with Crippen LogP contribution in [0.3, 0.4) is 0 Å². The molecule has 2 rings (SSSR count). The van der Waals surface area contributed by atoms with Gasteiger partial charge in [-0.3, -0.25) is 14.9 Å². The van der Waals surface area contributed by atoms with Crippen molar-refractivity contribution in [2.45, 2.75) is 33.6 Å². The number of nitrogens with zero attached hydrogens (tertiary/aromatic N) is 3. The Morgan fingerprint density at radius 3 is 2.52 bits per heavy atom. The number of non-ortho nitro benzene ring substituents is 1. The van der Waals surface area contributed by atoms with Crippen LogP contribution in [0.25, 0.3) is 0 Å². The van der Waals surface area contributed by atoms with Crippen molar-refractivity contribution in [3.8, 4) is 0 Å². The zero-order chi connectivity index (χ0) is 15.7. The molecular weight excluding hydrogens is 270 g/mol. The molecule has 1 aromatic carbocycles. The largest absolute Gasteiger partial charge is 0.278 e. The molecule has 21 heavy (non-hydrogen) atoms. The number of carbonyl (C=O) groups excluding carboxylic acids is 1. The first-order valence-corrected chi connectivity index (χ1v) is 6.68. The third-order valence-electron chi connectivity index (χ3n) is 3.42. The summed E-state index contributed by atoms with van der Waals surface area (Å²) < 4.78 is 1.32. The van der Waals surface area contributed by atoms with Gasteiger partial charge < -0.3 is 0 Å². The molecule has 0 aliphatic rings. The van der Waals surface area contributed by atoms with Gasteiger partial charge in [0.2, 0.25) is 0 Å². The first-order chi connectivity index (χ1) is 9.82. The highest BCUT2D eigenvalue weighted by Gasteiger charge is 2.20. The van der Waals surface area contributed by atoms with Crippen molar-refractivity contribution in [3.05, 3.63) is 56.9 Å². The second kappa shape index (κ2) is 5.47. The van der Waals surface area contributed by atoms with E-state index < -0.39 is 4.92 Å². The average Bonchev–Trinajstić information content (AvgIpc) is 2.73. The van der Waals surface area contributed by atoms with E-state index in [1.54, 1.807) is 6.07 Å². The summed E-state index contributed by atoms with van der Waals surface area (Å²) in [5, 5.41) is 15.1. The molecule has 110 valence electrons. The topological polar surface area (TPSA) is 78.0 Å². The van der Waals surface area contributed by atoms with Crippen molar-refractivity contribution in [1.29, 1.82) is 0 Å². The van der Waals surface area contributed by atoms with E-state index in [1.807, 2.05) is 27.7 Å². The molecule has 1 heterocycles. The number of carbonyl (C=O) groups is 1. The summed E-state index contributed by atoms with van der Waals surface area (Å²) in [7, 11) is 0. The second-order valence-electron chi connectivity index (χ2n) is 5.26. The van der Waals surface area contributed by atoms with Gasteiger partial charge in [0.15, 0.2) is 0 Å². The standard InChI is InChI=1S/C15H17N3O3/c1-9(2)14-10(3)16-17(11(14)4)15(19)12-6-5-7-13(8-12)18(20)21/h5-9H,1-4H3. The number of nitro benzene ring substituents is 1. The molecule has 0 atom stereocenters. The maximum absolute atomic E-state index is 12.5. The van der Waals surface area contributed by atoms with Gasteiger partial charge in [0.05, 0.1) is 10.6 Å². The number of nitro groups is 1. The van der Waals surface area contributed by atoms with Gasteiger partial charge in [-0.1, -0.05) is 19.9 Å². The Hall–Kier alpha value is -2.50. The fraction of sp³-hybridized carbons (Fsp3) is 0.333. The minimum absolute atomic E-state index is 0.105. The molecule has 0 radical (unpaired) electrons. The Balaban J connectivity index is 2.48. The minimum Gasteiger partial charge on any atom is -0.267 e. The third kappa shape index (κ3) is 2.69. The van der Waals surface area contributed by atoms with Crippen molar-refractivity contribution in [3.63, 3.8) is 0 Å². The maximum Gasteiger partial charge on any atom is 0.278 e. The Morgan fingerprint density at radius 2 is 2.00 bits per heavy atom. The van der Waals surface area contributed by atoms with E-state index in [1.165, 1.54) is 22.9 Å². The molecule has 0 spiro atoms. The summed E-state index contributed by atoms with van der Waals surface area (Å²) in [6.07, 6.45) is 0. The normalized spacial score (nSPS) is 10.9. The lowest BCUT2D eigenvalue weighted by atomic mass is 10.0. The summed E-state index contributed by atoms with van der Waals surface area (Å²) in [6.45, 7) is 7.78. The van der Waals surface area contributed by atoms with Crippen molar-refractivity contribution < 1.29 is 9.72 Å². The first kappa shape index (κ1) is 14.9. The van der Waals surface area contributed by atoms with Crippen molar-refractivity contribution in [2.75, 3.05) is 0 Å². The van der Waals surface area contributed by atoms with Gasteiger partial charge in [-0.25, -0.2) is 4.68 Å². The van der Waals surface area contributed by atoms with Crippen molar-refractivity contribution in [2.24, 2.45) is 0 Å². The quantitative estimate of drug-likeness (QED) is 0.641. The van der Waals surface area contributed by atoms with Gasteiger partial charge in [-0.15, -0.1) is 0 Å². The van der Waals surface area contributed by atoms with Crippen LogP contribution in [-0.2, 0) is 0 Å². The summed E-state index contributed by atoms with van der Waals surface area (Å²) in [5.74, 6) is -0.0946. The Labute approximate surface area is 122 Å². The monoisotopic (exact) mass is 287 g/mol. The average molecular weight is 287 g/mol. The van der Waals surface area contributed by atoms with Crippen LogP contribution in [0.1, 0.15) is 47.1 Å². The zero-order valence-electron chi connectivity index (χ0n) is 12.5. The fourth-order valence-electron chi connectivity index (χ4n) is 2.56. The second-order valence-corrected chi connectivity index (χ2v) is 5.26. The molecule has 0 saturated heterocycles. The van der Waals surface area contributed by atoms with E-state index in [9.17, 15) is 14.9 Å². The highest BCUT2D eigenvalue weighted by atomic mass is 16.6. The Bertz CT molecular complexity index is 717. The molecule has 0 aliphatic carbocycles. The third-order valence-corrected chi connectivity index (χ3v) is 3.42. The van der Waals surface area contributed by atoms with Gasteiger partial charge >= 0.3 is 0 Å². The van der Waals surface area contributed by atoms with Gasteiger partial charge in [0, 0.05) is 23.4 Å². The van der Waals surface area contributed by atoms with Gasteiger partial charge in [-0.2, -0.15) is 5.10 Å². The molecule has 0 unspecified atom stereocenters. The summed E-state index contributed by atoms with van der Waals surface area (Å²) in [5.41, 5.74) is 2.77. The molecule has 6 heteroatoms. The Kier molecular flexibility index (Phi) is 3.88. The van der Waals surface area contributed by atoms with Crippen LogP contribution in [0.5, 0.6) is 0 Å². The molecular formula is C15H17N3O3. The van der Waals surface area contributed by atoms with Gasteiger partial charge in [0.25, 0.3) is 11.6 Å². The molecule has 0 aliphatic heterocycles. The van der Waals surface area contributed by atoms with Crippen molar-refractivity contribution in [1.82, 2.24) is 9.78 Å². The lowest BCUT2D eigenvalue weighted by Gasteiger charge is -2.06. The summed E-state index contributed by atoms with van der Waals surface area (Å²) >= 11 is 0. The number of rotatable bonds is 3. The molecule has 0 amide bonds. The zero-order valence-corrected chi connectivity index (χ0v) is 12.5. The van der Waals surface area contributed by atoms with Crippen molar-refractivity contribution >= 4 is 11.6 Å². The lowest BCUT2D eigenvalue weighted by Crippen LogP contribution is -2.15. The smallest absolute Gasteiger partial charge is 0.267 e. The number of benzene rings is 1. The molecule has 1 aromatic heterocycles. The molecule has 0 N–H and O–H groups in total. The van der Waals surface area contributed by atoms with Crippen LogP contribution in [0.15, 0.2) is 24.3 Å². The molecule has 6 nitrogen and oxygen atoms in total. The molecule has 0 bridgehead atoms. The van der Waals surface area contributed by atoms with E-state index in [4.69, 9.17) is 0 Å². The molecule has 0 saturated carbocycles. The Morgan fingerprint density at radius 1 is 1.33 bits per heavy atom. The van der Waals surface area contributed by atoms with Crippen LogP contribution >= 0.6 is 0 Å². The van der Waals surface area contributed by atoms with Crippen LogP contribution in [0, 0.1) is 24.0 Å². The molecule has 0 fully saturated rings. The van der Waals surface area contributed by atoms with E-state index in [0.29, 0.717) is 0 Å². The number of aromatic nitrogens is 2. The summed E-state index contributed by atoms with van der Waals surface area (Å²) in [4.78, 5) is 22.8. The predicted molar refractivity (Wildman–Crippen MR) is 78.6 cm³/mol. The van der Waals surface area contributed by atoms with Crippen LogP contribution < -0.4 is 0 Å².